The summed E-state index contributed by atoms with van der Waals surface area (Å²) in [7, 11) is 1.74. The first-order chi connectivity index (χ1) is 8.66. The molecule has 0 spiro atoms. The molecule has 2 aromatic heterocycles. The number of rotatable bonds is 1. The third-order valence-electron chi connectivity index (χ3n) is 2.72. The van der Waals surface area contributed by atoms with Gasteiger partial charge in [0.15, 0.2) is 9.77 Å². The lowest BCUT2D eigenvalue weighted by Crippen LogP contribution is -1.85. The van der Waals surface area contributed by atoms with Gasteiger partial charge in [0.25, 0.3) is 0 Å². The van der Waals surface area contributed by atoms with Gasteiger partial charge < -0.3 is 5.11 Å². The van der Waals surface area contributed by atoms with Crippen molar-refractivity contribution in [2.75, 3.05) is 0 Å². The summed E-state index contributed by atoms with van der Waals surface area (Å²) in [5, 5.41) is 9.93. The van der Waals surface area contributed by atoms with Gasteiger partial charge in [-0.1, -0.05) is 0 Å². The van der Waals surface area contributed by atoms with Crippen molar-refractivity contribution < 1.29 is 5.11 Å². The van der Waals surface area contributed by atoms with E-state index in [1.54, 1.807) is 24.0 Å². The van der Waals surface area contributed by atoms with E-state index in [-0.39, 0.29) is 5.88 Å². The Morgan fingerprint density at radius 1 is 1.50 bits per heavy atom. The number of aliphatic imine (C=N–C) groups is 1. The maximum absolute atomic E-state index is 9.93. The molecule has 0 radical (unpaired) electrons. The number of pyridine rings is 1. The molecule has 0 atom stereocenters. The van der Waals surface area contributed by atoms with E-state index in [9.17, 15) is 5.11 Å². The lowest BCUT2D eigenvalue weighted by atomic mass is 10.1. The van der Waals surface area contributed by atoms with Crippen molar-refractivity contribution in [1.82, 2.24) is 9.55 Å². The van der Waals surface area contributed by atoms with Gasteiger partial charge in [0.2, 0.25) is 5.88 Å². The fourth-order valence-electron chi connectivity index (χ4n) is 1.74. The molecular formula is C12H9N3OS2. The number of hydrogen-bond acceptors (Lipinski definition) is 5. The summed E-state index contributed by atoms with van der Waals surface area (Å²) in [4.78, 5) is 9.13. The van der Waals surface area contributed by atoms with E-state index >= 15 is 0 Å². The van der Waals surface area contributed by atoms with Crippen LogP contribution in [0.1, 0.15) is 10.4 Å². The Hall–Kier alpha value is -1.79. The smallest absolute Gasteiger partial charge is 0.210 e. The standard InChI is InChI=1S/C12H9N3OS2/c1-15-11(16)9(18-12(15)17)5-7-6-14-10-8(7)3-2-4-13-10/h2-6,16H,1H3. The molecule has 90 valence electrons. The van der Waals surface area contributed by atoms with E-state index in [1.165, 1.54) is 11.3 Å². The third kappa shape index (κ3) is 1.70. The van der Waals surface area contributed by atoms with Crippen LogP contribution >= 0.6 is 23.6 Å². The topological polar surface area (TPSA) is 50.4 Å². The summed E-state index contributed by atoms with van der Waals surface area (Å²) >= 11 is 6.50. The Balaban J connectivity index is 2.12. The average Bonchev–Trinajstić information content (AvgIpc) is 2.89. The van der Waals surface area contributed by atoms with E-state index in [0.717, 1.165) is 16.0 Å². The fraction of sp³-hybridized carbons (Fsp3) is 0.0833. The molecular weight excluding hydrogens is 266 g/mol. The van der Waals surface area contributed by atoms with E-state index in [1.807, 2.05) is 18.2 Å². The second-order valence-electron chi connectivity index (χ2n) is 3.85. The summed E-state index contributed by atoms with van der Waals surface area (Å²) in [6.45, 7) is 0. The van der Waals surface area contributed by atoms with Crippen LogP contribution in [0, 0.1) is 3.95 Å². The van der Waals surface area contributed by atoms with E-state index in [0.29, 0.717) is 9.77 Å². The van der Waals surface area contributed by atoms with Gasteiger partial charge in [-0.15, -0.1) is 11.3 Å². The highest BCUT2D eigenvalue weighted by Gasteiger charge is 2.14. The Morgan fingerprint density at radius 3 is 3.06 bits per heavy atom. The van der Waals surface area contributed by atoms with Crippen LogP contribution in [0.4, 0.5) is 5.82 Å². The van der Waals surface area contributed by atoms with Gasteiger partial charge in [-0.05, 0) is 30.4 Å². The molecule has 0 saturated heterocycles. The zero-order valence-corrected chi connectivity index (χ0v) is 11.1. The number of aromatic nitrogens is 2. The van der Waals surface area contributed by atoms with Crippen LogP contribution in [0.5, 0.6) is 5.88 Å². The van der Waals surface area contributed by atoms with Crippen molar-refractivity contribution >= 4 is 47.2 Å². The minimum atomic E-state index is 0.184. The minimum Gasteiger partial charge on any atom is -0.493 e. The predicted octanol–water partition coefficient (Wildman–Crippen LogP) is 3.17. The van der Waals surface area contributed by atoms with Crippen molar-refractivity contribution in [1.29, 1.82) is 0 Å². The monoisotopic (exact) mass is 275 g/mol. The quantitative estimate of drug-likeness (QED) is 0.813. The normalized spacial score (nSPS) is 15.3. The van der Waals surface area contributed by atoms with Crippen LogP contribution in [0.3, 0.4) is 0 Å². The van der Waals surface area contributed by atoms with Crippen molar-refractivity contribution in [2.24, 2.45) is 12.0 Å². The van der Waals surface area contributed by atoms with Gasteiger partial charge in [0, 0.05) is 30.6 Å². The highest BCUT2D eigenvalue weighted by molar-refractivity contribution is 7.73. The Labute approximate surface area is 113 Å². The average molecular weight is 275 g/mol. The van der Waals surface area contributed by atoms with Crippen LogP contribution in [0.2, 0.25) is 0 Å². The second-order valence-corrected chi connectivity index (χ2v) is 5.52. The highest BCUT2D eigenvalue weighted by atomic mass is 32.1. The van der Waals surface area contributed by atoms with E-state index in [2.05, 4.69) is 9.98 Å². The zero-order chi connectivity index (χ0) is 12.7. The van der Waals surface area contributed by atoms with Crippen molar-refractivity contribution in [3.8, 4) is 5.88 Å². The molecule has 1 aliphatic rings. The fourth-order valence-corrected chi connectivity index (χ4v) is 2.92. The number of aromatic hydroxyl groups is 1. The molecule has 3 rings (SSSR count). The maximum atomic E-state index is 9.93. The lowest BCUT2D eigenvalue weighted by molar-refractivity contribution is 0.430. The van der Waals surface area contributed by atoms with Gasteiger partial charge in [0.1, 0.15) is 0 Å². The molecule has 4 nitrogen and oxygen atoms in total. The number of fused-ring (bicyclic) bond motifs is 1. The molecule has 0 aromatic carbocycles. The number of hydrogen-bond donors (Lipinski definition) is 1. The molecule has 3 heterocycles. The molecule has 18 heavy (non-hydrogen) atoms. The van der Waals surface area contributed by atoms with Gasteiger partial charge in [0.05, 0.1) is 4.88 Å². The van der Waals surface area contributed by atoms with Crippen LogP contribution in [0.15, 0.2) is 23.3 Å². The summed E-state index contributed by atoms with van der Waals surface area (Å²) in [5.41, 5.74) is 1.91. The molecule has 0 amide bonds. The van der Waals surface area contributed by atoms with Crippen molar-refractivity contribution in [3.05, 3.63) is 32.7 Å². The van der Waals surface area contributed by atoms with E-state index in [4.69, 9.17) is 12.2 Å². The summed E-state index contributed by atoms with van der Waals surface area (Å²) in [5.74, 6) is 0.894. The molecule has 0 aliphatic carbocycles. The second kappa shape index (κ2) is 4.15. The Morgan fingerprint density at radius 2 is 2.33 bits per heavy atom. The highest BCUT2D eigenvalue weighted by Crippen LogP contribution is 2.34. The third-order valence-corrected chi connectivity index (χ3v) is 4.21. The zero-order valence-electron chi connectivity index (χ0n) is 9.49. The number of nitrogens with zero attached hydrogens (tertiary/aromatic N) is 3. The van der Waals surface area contributed by atoms with E-state index < -0.39 is 0 Å². The minimum absolute atomic E-state index is 0.184. The molecule has 0 bridgehead atoms. The molecule has 1 N–H and O–H groups in total. The first-order valence-corrected chi connectivity index (χ1v) is 6.49. The van der Waals surface area contributed by atoms with Crippen molar-refractivity contribution in [2.45, 2.75) is 0 Å². The van der Waals surface area contributed by atoms with Gasteiger partial charge in [-0.3, -0.25) is 4.57 Å². The molecule has 0 unspecified atom stereocenters. The largest absolute Gasteiger partial charge is 0.493 e. The summed E-state index contributed by atoms with van der Waals surface area (Å²) < 4.78 is 2.23. The SMILES string of the molecule is Cn1c(O)c(C=C2C=Nc3ncccc32)sc1=S. The van der Waals surface area contributed by atoms with Crippen LogP contribution in [-0.4, -0.2) is 20.9 Å². The van der Waals surface area contributed by atoms with Crippen molar-refractivity contribution in [3.63, 3.8) is 0 Å². The maximum Gasteiger partial charge on any atom is 0.210 e. The molecule has 6 heteroatoms. The molecule has 2 aromatic rings. The number of allylic oxidation sites excluding steroid dienone is 1. The lowest BCUT2D eigenvalue weighted by Gasteiger charge is -1.98. The van der Waals surface area contributed by atoms with Crippen LogP contribution in [-0.2, 0) is 7.05 Å². The van der Waals surface area contributed by atoms with Gasteiger partial charge >= 0.3 is 0 Å². The summed E-state index contributed by atoms with van der Waals surface area (Å²) in [6, 6.07) is 3.83. The van der Waals surface area contributed by atoms with Gasteiger partial charge in [-0.2, -0.15) is 0 Å². The first kappa shape index (κ1) is 11.3. The first-order valence-electron chi connectivity index (χ1n) is 5.27. The molecule has 0 fully saturated rings. The van der Waals surface area contributed by atoms with Crippen LogP contribution < -0.4 is 0 Å². The Kier molecular flexibility index (Phi) is 2.61. The molecule has 0 saturated carbocycles. The predicted molar refractivity (Wildman–Crippen MR) is 76.0 cm³/mol. The van der Waals surface area contributed by atoms with Crippen LogP contribution in [0.25, 0.3) is 11.6 Å². The molecule has 1 aliphatic heterocycles. The van der Waals surface area contributed by atoms with Gasteiger partial charge in [-0.25, -0.2) is 9.98 Å². The Bertz CT molecular complexity index is 740. The number of thiazole rings is 1. The summed E-state index contributed by atoms with van der Waals surface area (Å²) in [6.07, 6.45) is 5.34.